The molecule has 1 saturated heterocycles. The third kappa shape index (κ3) is 3.97. The molecular weight excluding hydrogens is 546 g/mol. The average molecular weight is 596 g/mol. The first-order valence-electron chi connectivity index (χ1n) is 16.6. The number of aliphatic carboxylic acids is 1. The summed E-state index contributed by atoms with van der Waals surface area (Å²) in [5.74, 6) is 0.625. The predicted molar refractivity (Wildman–Crippen MR) is 160 cm³/mol. The van der Waals surface area contributed by atoms with Gasteiger partial charge in [0.15, 0.2) is 11.5 Å². The number of methoxy groups -OCH3 is 1. The van der Waals surface area contributed by atoms with Gasteiger partial charge in [-0.15, -0.1) is 0 Å². The van der Waals surface area contributed by atoms with Crippen LogP contribution in [-0.2, 0) is 26.2 Å². The van der Waals surface area contributed by atoms with Crippen LogP contribution in [0.5, 0.6) is 11.5 Å². The lowest BCUT2D eigenvalue weighted by Crippen LogP contribution is -2.83. The average Bonchev–Trinajstić information content (AvgIpc) is 3.69. The van der Waals surface area contributed by atoms with Gasteiger partial charge >= 0.3 is 11.9 Å². The first-order valence-corrected chi connectivity index (χ1v) is 16.6. The lowest BCUT2D eigenvalue weighted by atomic mass is 9.33. The number of hydrogen-bond acceptors (Lipinski definition) is 7. The van der Waals surface area contributed by atoms with Crippen molar-refractivity contribution in [3.8, 4) is 11.5 Å². The van der Waals surface area contributed by atoms with Gasteiger partial charge in [-0.3, -0.25) is 14.5 Å². The molecule has 2 aliphatic heterocycles. The normalized spacial score (nSPS) is 36.9. The predicted octanol–water partition coefficient (Wildman–Crippen LogP) is 5.26. The summed E-state index contributed by atoms with van der Waals surface area (Å²) in [5, 5.41) is 21.3. The summed E-state index contributed by atoms with van der Waals surface area (Å²) in [7, 11) is 1.80. The molecule has 8 nitrogen and oxygen atoms in total. The number of piperidine rings is 1. The molecule has 5 fully saturated rings. The van der Waals surface area contributed by atoms with Crippen LogP contribution in [-0.4, -0.2) is 70.6 Å². The van der Waals surface area contributed by atoms with Gasteiger partial charge in [0.1, 0.15) is 11.7 Å². The smallest absolute Gasteiger partial charge is 0.311 e. The number of fused-ring (bicyclic) bond motifs is 2. The largest absolute Gasteiger partial charge is 0.482 e. The molecule has 1 aromatic rings. The van der Waals surface area contributed by atoms with Crippen molar-refractivity contribution in [3.63, 3.8) is 0 Å². The molecule has 5 aliphatic carbocycles. The van der Waals surface area contributed by atoms with Crippen LogP contribution >= 0.6 is 0 Å². The van der Waals surface area contributed by atoms with Gasteiger partial charge in [-0.1, -0.05) is 26.8 Å². The maximum Gasteiger partial charge on any atom is 0.311 e. The fourth-order valence-electron chi connectivity index (χ4n) is 10.4. The van der Waals surface area contributed by atoms with Crippen molar-refractivity contribution in [1.82, 2.24) is 4.90 Å². The van der Waals surface area contributed by atoms with Crippen molar-refractivity contribution >= 4 is 11.9 Å². The zero-order chi connectivity index (χ0) is 30.6. The number of carbonyl (C=O) groups is 2. The second-order valence-corrected chi connectivity index (χ2v) is 15.8. The first kappa shape index (κ1) is 29.5. The Morgan fingerprint density at radius 3 is 2.51 bits per heavy atom. The molecule has 2 N–H and O–H groups in total. The molecule has 0 aromatic heterocycles. The number of rotatable bonds is 10. The highest BCUT2D eigenvalue weighted by Crippen LogP contribution is 2.78. The molecule has 236 valence electrons. The van der Waals surface area contributed by atoms with Crippen molar-refractivity contribution in [3.05, 3.63) is 23.3 Å². The van der Waals surface area contributed by atoms with E-state index in [0.717, 1.165) is 51.1 Å². The van der Waals surface area contributed by atoms with E-state index < -0.39 is 17.2 Å². The van der Waals surface area contributed by atoms with E-state index in [4.69, 9.17) is 19.3 Å². The maximum atomic E-state index is 13.0. The molecule has 8 heteroatoms. The van der Waals surface area contributed by atoms with Crippen LogP contribution in [0.1, 0.15) is 103 Å². The Morgan fingerprint density at radius 1 is 1.09 bits per heavy atom. The Bertz CT molecular complexity index is 1330. The Morgan fingerprint density at radius 2 is 1.84 bits per heavy atom. The highest BCUT2D eigenvalue weighted by atomic mass is 16.6. The number of carboxylic acid groups (broad SMARTS) is 1. The zero-order valence-corrected chi connectivity index (χ0v) is 26.5. The van der Waals surface area contributed by atoms with Crippen molar-refractivity contribution < 1.29 is 34.0 Å². The molecule has 0 radical (unpaired) electrons. The van der Waals surface area contributed by atoms with Crippen LogP contribution in [0.15, 0.2) is 12.1 Å². The Kier molecular flexibility index (Phi) is 6.64. The minimum Gasteiger partial charge on any atom is -0.482 e. The molecule has 7 aliphatic rings. The van der Waals surface area contributed by atoms with Crippen molar-refractivity contribution in [2.75, 3.05) is 20.2 Å². The summed E-state index contributed by atoms with van der Waals surface area (Å²) >= 11 is 0. The van der Waals surface area contributed by atoms with Crippen molar-refractivity contribution in [1.29, 1.82) is 0 Å². The summed E-state index contributed by atoms with van der Waals surface area (Å²) in [6.07, 6.45) is 8.18. The molecule has 7 atom stereocenters. The van der Waals surface area contributed by atoms with Gasteiger partial charge in [0.05, 0.1) is 5.60 Å². The van der Waals surface area contributed by atoms with Gasteiger partial charge in [-0.2, -0.15) is 0 Å². The van der Waals surface area contributed by atoms with Gasteiger partial charge < -0.3 is 24.4 Å². The minimum absolute atomic E-state index is 0.0459. The van der Waals surface area contributed by atoms with Crippen molar-refractivity contribution in [2.45, 2.75) is 127 Å². The van der Waals surface area contributed by atoms with Crippen molar-refractivity contribution in [2.24, 2.45) is 22.7 Å². The summed E-state index contributed by atoms with van der Waals surface area (Å²) in [4.78, 5) is 26.7. The van der Waals surface area contributed by atoms with Crippen LogP contribution in [0.25, 0.3) is 0 Å². The molecule has 2 spiro atoms. The number of likely N-dealkylation sites (tertiary alicyclic amines) is 1. The van der Waals surface area contributed by atoms with Gasteiger partial charge in [0.2, 0.25) is 0 Å². The number of ether oxygens (including phenoxy) is 3. The Hall–Kier alpha value is -2.16. The summed E-state index contributed by atoms with van der Waals surface area (Å²) < 4.78 is 19.8. The fraction of sp³-hybridized carbons (Fsp3) is 0.771. The van der Waals surface area contributed by atoms with E-state index in [1.165, 1.54) is 24.0 Å². The number of carboxylic acids is 1. The zero-order valence-electron chi connectivity index (χ0n) is 26.5. The monoisotopic (exact) mass is 595 g/mol. The Labute approximate surface area is 255 Å². The molecule has 43 heavy (non-hydrogen) atoms. The van der Waals surface area contributed by atoms with E-state index in [9.17, 15) is 14.7 Å². The number of carbonyl (C=O) groups excluding carboxylic acids is 1. The summed E-state index contributed by atoms with van der Waals surface area (Å²) in [6.45, 7) is 10.6. The second-order valence-electron chi connectivity index (χ2n) is 15.8. The third-order valence-corrected chi connectivity index (χ3v) is 13.1. The molecule has 0 amide bonds. The van der Waals surface area contributed by atoms with Gasteiger partial charge in [0, 0.05) is 54.8 Å². The number of hydrogen-bond donors (Lipinski definition) is 2. The van der Waals surface area contributed by atoms with E-state index in [2.05, 4.69) is 31.7 Å². The lowest BCUT2D eigenvalue weighted by molar-refractivity contribution is -0.312. The molecule has 2 heterocycles. The molecule has 4 bridgehead atoms. The number of aliphatic hydroxyl groups is 1. The minimum atomic E-state index is -0.989. The van der Waals surface area contributed by atoms with E-state index in [-0.39, 0.29) is 47.1 Å². The summed E-state index contributed by atoms with van der Waals surface area (Å²) in [5.41, 5.74) is 0.176. The highest BCUT2D eigenvalue weighted by Gasteiger charge is 2.82. The van der Waals surface area contributed by atoms with E-state index in [1.54, 1.807) is 7.11 Å². The number of unbranched alkanes of at least 4 members (excludes halogenated alkanes) is 1. The van der Waals surface area contributed by atoms with Gasteiger partial charge in [-0.25, -0.2) is 0 Å². The second kappa shape index (κ2) is 9.67. The highest BCUT2D eigenvalue weighted by molar-refractivity contribution is 5.75. The van der Waals surface area contributed by atoms with Crippen LogP contribution in [0.2, 0.25) is 0 Å². The van der Waals surface area contributed by atoms with E-state index in [0.29, 0.717) is 30.4 Å². The quantitative estimate of drug-likeness (QED) is 0.215. The topological polar surface area (TPSA) is 106 Å². The Balaban J connectivity index is 1.32. The first-order chi connectivity index (χ1) is 20.3. The molecule has 1 aromatic carbocycles. The maximum absolute atomic E-state index is 13.0. The molecule has 4 saturated carbocycles. The molecular formula is C35H49NO7. The van der Waals surface area contributed by atoms with Gasteiger partial charge in [0.25, 0.3) is 0 Å². The SMILES string of the molecule is COC12CC[C@@]3(C[C@@H]1[C@](C)(O)C(C)(C)C)[C@H]1Cc4ccc(OC(=O)CCCCC(=O)O)c5c4[C@@]3(CCN1CC1CC1)C2O5. The number of benzene rings is 1. The van der Waals surface area contributed by atoms with E-state index >= 15 is 0 Å². The summed E-state index contributed by atoms with van der Waals surface area (Å²) in [6, 6.07) is 4.44. The van der Waals surface area contributed by atoms with Crippen LogP contribution in [0.3, 0.4) is 0 Å². The number of nitrogens with zero attached hydrogens (tertiary/aromatic N) is 1. The molecule has 8 rings (SSSR count). The fourth-order valence-corrected chi connectivity index (χ4v) is 10.4. The molecule has 2 unspecified atom stereocenters. The van der Waals surface area contributed by atoms with Crippen LogP contribution < -0.4 is 9.47 Å². The van der Waals surface area contributed by atoms with Gasteiger partial charge in [-0.05, 0) is 94.2 Å². The van der Waals surface area contributed by atoms with Crippen LogP contribution in [0, 0.1) is 22.7 Å². The number of esters is 1. The van der Waals surface area contributed by atoms with Crippen LogP contribution in [0.4, 0.5) is 0 Å². The lowest BCUT2D eigenvalue weighted by Gasteiger charge is -2.75. The standard InChI is InChI=1S/C35H49NO7/c1-31(2,3)32(4,40)24-19-33-14-15-35(24,41-5)30-34(33)16-17-36(20-21-10-11-21)25(33)18-22-12-13-23(29(43-30)28(22)34)42-27(39)9-7-6-8-26(37)38/h12-13,21,24-25,30,40H,6-11,14-20H2,1-5H3,(H,37,38)/t24-,25-,30?,32+,33-,34+,35?/m1/s1. The third-order valence-electron chi connectivity index (χ3n) is 13.1. The van der Waals surface area contributed by atoms with E-state index in [1.807, 2.05) is 13.0 Å².